The molecule has 1 aromatic carbocycles. The third-order valence-corrected chi connectivity index (χ3v) is 4.69. The summed E-state index contributed by atoms with van der Waals surface area (Å²) in [7, 11) is 0. The fourth-order valence-corrected chi connectivity index (χ4v) is 3.18. The van der Waals surface area contributed by atoms with Gasteiger partial charge in [-0.25, -0.2) is 0 Å². The molecule has 0 aromatic heterocycles. The van der Waals surface area contributed by atoms with E-state index in [1.807, 2.05) is 6.92 Å². The van der Waals surface area contributed by atoms with Gasteiger partial charge in [0.25, 0.3) is 0 Å². The van der Waals surface area contributed by atoms with Crippen LogP contribution in [0.4, 0.5) is 0 Å². The molecule has 0 radical (unpaired) electrons. The monoisotopic (exact) mass is 289 g/mol. The first-order valence-corrected chi connectivity index (χ1v) is 8.09. The fraction of sp³-hybridized carbons (Fsp3) is 0.611. The van der Waals surface area contributed by atoms with E-state index in [9.17, 15) is 4.79 Å². The zero-order chi connectivity index (χ0) is 15.2. The molecule has 0 bridgehead atoms. The number of aliphatic carboxylic acids is 1. The van der Waals surface area contributed by atoms with Crippen molar-refractivity contribution in [2.75, 3.05) is 13.1 Å². The highest BCUT2D eigenvalue weighted by atomic mass is 16.4. The SMILES string of the molecule is CCC(CC1CCN(Cc2ccc(C)cc2)CC1)C(=O)O. The van der Waals surface area contributed by atoms with Crippen LogP contribution in [-0.4, -0.2) is 29.1 Å². The molecule has 1 aliphatic heterocycles. The topological polar surface area (TPSA) is 40.5 Å². The average Bonchev–Trinajstić information content (AvgIpc) is 2.48. The number of aryl methyl sites for hydroxylation is 1. The number of hydrogen-bond acceptors (Lipinski definition) is 2. The molecule has 1 atom stereocenters. The summed E-state index contributed by atoms with van der Waals surface area (Å²) in [5.41, 5.74) is 2.67. The molecule has 0 amide bonds. The van der Waals surface area contributed by atoms with Gasteiger partial charge in [0.1, 0.15) is 0 Å². The molecule has 21 heavy (non-hydrogen) atoms. The van der Waals surface area contributed by atoms with E-state index in [0.29, 0.717) is 5.92 Å². The van der Waals surface area contributed by atoms with Gasteiger partial charge in [0.2, 0.25) is 0 Å². The van der Waals surface area contributed by atoms with Gasteiger partial charge in [0.05, 0.1) is 5.92 Å². The van der Waals surface area contributed by atoms with Crippen molar-refractivity contribution in [3.8, 4) is 0 Å². The number of carboxylic acid groups (broad SMARTS) is 1. The lowest BCUT2D eigenvalue weighted by Gasteiger charge is -2.33. The number of nitrogens with zero attached hydrogens (tertiary/aromatic N) is 1. The number of rotatable bonds is 6. The van der Waals surface area contributed by atoms with Crippen LogP contribution in [0, 0.1) is 18.8 Å². The minimum atomic E-state index is -0.625. The number of likely N-dealkylation sites (tertiary alicyclic amines) is 1. The van der Waals surface area contributed by atoms with Crippen molar-refractivity contribution in [2.45, 2.75) is 46.1 Å². The maximum Gasteiger partial charge on any atom is 0.306 e. The average molecular weight is 289 g/mol. The summed E-state index contributed by atoms with van der Waals surface area (Å²) in [5, 5.41) is 9.16. The third-order valence-electron chi connectivity index (χ3n) is 4.69. The summed E-state index contributed by atoms with van der Waals surface area (Å²) in [5.74, 6) is -0.196. The van der Waals surface area contributed by atoms with Gasteiger partial charge < -0.3 is 5.11 Å². The van der Waals surface area contributed by atoms with Crippen molar-refractivity contribution in [1.82, 2.24) is 4.90 Å². The van der Waals surface area contributed by atoms with Crippen molar-refractivity contribution >= 4 is 5.97 Å². The molecular formula is C18H27NO2. The first kappa shape index (κ1) is 16.0. The zero-order valence-corrected chi connectivity index (χ0v) is 13.2. The molecule has 0 saturated carbocycles. The van der Waals surface area contributed by atoms with Gasteiger partial charge in [0.15, 0.2) is 0 Å². The second-order valence-electron chi connectivity index (χ2n) is 6.38. The van der Waals surface area contributed by atoms with Crippen LogP contribution in [0.1, 0.15) is 43.7 Å². The molecule has 1 saturated heterocycles. The van der Waals surface area contributed by atoms with E-state index in [1.54, 1.807) is 0 Å². The maximum atomic E-state index is 11.1. The first-order valence-electron chi connectivity index (χ1n) is 8.09. The minimum absolute atomic E-state index is 0.154. The Kier molecular flexibility index (Phi) is 5.80. The maximum absolute atomic E-state index is 11.1. The molecular weight excluding hydrogens is 262 g/mol. The van der Waals surface area contributed by atoms with E-state index in [2.05, 4.69) is 36.1 Å². The van der Waals surface area contributed by atoms with E-state index < -0.39 is 5.97 Å². The number of carboxylic acids is 1. The van der Waals surface area contributed by atoms with Gasteiger partial charge in [-0.3, -0.25) is 9.69 Å². The third kappa shape index (κ3) is 4.85. The molecule has 0 spiro atoms. The van der Waals surface area contributed by atoms with Crippen molar-refractivity contribution < 1.29 is 9.90 Å². The minimum Gasteiger partial charge on any atom is -0.481 e. The van der Waals surface area contributed by atoms with Crippen LogP contribution in [0.3, 0.4) is 0 Å². The second kappa shape index (κ2) is 7.60. The van der Waals surface area contributed by atoms with Crippen LogP contribution in [0.25, 0.3) is 0 Å². The fourth-order valence-electron chi connectivity index (χ4n) is 3.18. The molecule has 3 heteroatoms. The van der Waals surface area contributed by atoms with E-state index >= 15 is 0 Å². The Labute approximate surface area is 128 Å². The molecule has 3 nitrogen and oxygen atoms in total. The number of piperidine rings is 1. The van der Waals surface area contributed by atoms with Gasteiger partial charge in [-0.15, -0.1) is 0 Å². The summed E-state index contributed by atoms with van der Waals surface area (Å²) in [6.45, 7) is 7.29. The normalized spacial score (nSPS) is 18.6. The number of carbonyl (C=O) groups is 1. The van der Waals surface area contributed by atoms with Crippen LogP contribution in [0.15, 0.2) is 24.3 Å². The van der Waals surface area contributed by atoms with E-state index in [0.717, 1.165) is 45.3 Å². The lowest BCUT2D eigenvalue weighted by Crippen LogP contribution is -2.34. The van der Waals surface area contributed by atoms with Gasteiger partial charge >= 0.3 is 5.97 Å². The lowest BCUT2D eigenvalue weighted by molar-refractivity contribution is -0.142. The van der Waals surface area contributed by atoms with Crippen molar-refractivity contribution in [2.24, 2.45) is 11.8 Å². The Morgan fingerprint density at radius 2 is 1.90 bits per heavy atom. The number of hydrogen-bond donors (Lipinski definition) is 1. The lowest BCUT2D eigenvalue weighted by atomic mass is 9.86. The van der Waals surface area contributed by atoms with E-state index in [-0.39, 0.29) is 5.92 Å². The summed E-state index contributed by atoms with van der Waals surface area (Å²) in [4.78, 5) is 13.6. The van der Waals surface area contributed by atoms with Crippen molar-refractivity contribution in [3.05, 3.63) is 35.4 Å². The standard InChI is InChI=1S/C18H27NO2/c1-3-17(18(20)21)12-15-8-10-19(11-9-15)13-16-6-4-14(2)5-7-16/h4-7,15,17H,3,8-13H2,1-2H3,(H,20,21). The predicted octanol–water partition coefficient (Wildman–Crippen LogP) is 3.71. The molecule has 0 aliphatic carbocycles. The Balaban J connectivity index is 1.77. The largest absolute Gasteiger partial charge is 0.481 e. The smallest absolute Gasteiger partial charge is 0.306 e. The van der Waals surface area contributed by atoms with Crippen LogP contribution in [0.5, 0.6) is 0 Å². The molecule has 1 fully saturated rings. The van der Waals surface area contributed by atoms with Crippen LogP contribution >= 0.6 is 0 Å². The van der Waals surface area contributed by atoms with E-state index in [1.165, 1.54) is 11.1 Å². The highest BCUT2D eigenvalue weighted by molar-refractivity contribution is 5.69. The molecule has 1 N–H and O–H groups in total. The highest BCUT2D eigenvalue weighted by Crippen LogP contribution is 2.26. The summed E-state index contributed by atoms with van der Waals surface area (Å²) >= 11 is 0. The quantitative estimate of drug-likeness (QED) is 0.868. The van der Waals surface area contributed by atoms with Crippen molar-refractivity contribution in [3.63, 3.8) is 0 Å². The molecule has 116 valence electrons. The van der Waals surface area contributed by atoms with Crippen LogP contribution in [-0.2, 0) is 11.3 Å². The Hall–Kier alpha value is -1.35. The second-order valence-corrected chi connectivity index (χ2v) is 6.38. The molecule has 1 heterocycles. The van der Waals surface area contributed by atoms with Crippen LogP contribution in [0.2, 0.25) is 0 Å². The summed E-state index contributed by atoms with van der Waals surface area (Å²) in [6.07, 6.45) is 3.87. The first-order chi connectivity index (χ1) is 10.1. The van der Waals surface area contributed by atoms with Gasteiger partial charge in [-0.1, -0.05) is 36.8 Å². The summed E-state index contributed by atoms with van der Waals surface area (Å²) < 4.78 is 0. The Morgan fingerprint density at radius 3 is 2.43 bits per heavy atom. The van der Waals surface area contributed by atoms with Crippen molar-refractivity contribution in [1.29, 1.82) is 0 Å². The zero-order valence-electron chi connectivity index (χ0n) is 13.2. The Morgan fingerprint density at radius 1 is 1.29 bits per heavy atom. The van der Waals surface area contributed by atoms with Gasteiger partial charge in [-0.05, 0) is 57.2 Å². The molecule has 2 rings (SSSR count). The van der Waals surface area contributed by atoms with Crippen LogP contribution < -0.4 is 0 Å². The highest BCUT2D eigenvalue weighted by Gasteiger charge is 2.24. The van der Waals surface area contributed by atoms with E-state index in [4.69, 9.17) is 5.11 Å². The molecule has 1 aliphatic rings. The van der Waals surface area contributed by atoms with Gasteiger partial charge in [0, 0.05) is 6.54 Å². The summed E-state index contributed by atoms with van der Waals surface area (Å²) in [6, 6.07) is 8.75. The predicted molar refractivity (Wildman–Crippen MR) is 85.2 cm³/mol. The number of benzene rings is 1. The molecule has 1 unspecified atom stereocenters. The Bertz CT molecular complexity index is 447. The van der Waals surface area contributed by atoms with Gasteiger partial charge in [-0.2, -0.15) is 0 Å². The molecule has 1 aromatic rings.